The van der Waals surface area contributed by atoms with Crippen LogP contribution in [0.25, 0.3) is 0 Å². The molecule has 0 bridgehead atoms. The molecule has 2 unspecified atom stereocenters. The highest BCUT2D eigenvalue weighted by Gasteiger charge is 2.26. The monoisotopic (exact) mass is 229 g/mol. The standard InChI is InChI=1S/C13H27NO2/c1-12(2)7-4-5-11(6-8-12)14-9-13(3,16)10-15/h11,14-16H,4-10H2,1-3H3. The fourth-order valence-electron chi connectivity index (χ4n) is 2.29. The van der Waals surface area contributed by atoms with Crippen molar-refractivity contribution in [3.8, 4) is 0 Å². The van der Waals surface area contributed by atoms with Crippen molar-refractivity contribution in [2.75, 3.05) is 13.2 Å². The van der Waals surface area contributed by atoms with Gasteiger partial charge in [-0.05, 0) is 38.0 Å². The smallest absolute Gasteiger partial charge is 0.0972 e. The summed E-state index contributed by atoms with van der Waals surface area (Å²) in [7, 11) is 0. The SMILES string of the molecule is CC1(C)CCCC(NCC(C)(O)CO)CC1. The lowest BCUT2D eigenvalue weighted by Crippen LogP contribution is -2.44. The van der Waals surface area contributed by atoms with Gasteiger partial charge in [0.1, 0.15) is 0 Å². The summed E-state index contributed by atoms with van der Waals surface area (Å²) in [6.45, 7) is 6.63. The van der Waals surface area contributed by atoms with Gasteiger partial charge in [0.15, 0.2) is 0 Å². The Hall–Kier alpha value is -0.120. The summed E-state index contributed by atoms with van der Waals surface area (Å²) in [6, 6.07) is 0.500. The molecule has 1 rings (SSSR count). The molecule has 3 nitrogen and oxygen atoms in total. The van der Waals surface area contributed by atoms with Crippen LogP contribution in [0.3, 0.4) is 0 Å². The average Bonchev–Trinajstić information content (AvgIpc) is 2.37. The first-order chi connectivity index (χ1) is 7.35. The molecule has 1 fully saturated rings. The molecule has 1 aliphatic rings. The van der Waals surface area contributed by atoms with E-state index in [2.05, 4.69) is 19.2 Å². The van der Waals surface area contributed by atoms with Crippen molar-refractivity contribution < 1.29 is 10.2 Å². The summed E-state index contributed by atoms with van der Waals surface area (Å²) in [4.78, 5) is 0. The second-order valence-corrected chi connectivity index (χ2v) is 6.33. The van der Waals surface area contributed by atoms with E-state index < -0.39 is 5.60 Å². The topological polar surface area (TPSA) is 52.5 Å². The molecular weight excluding hydrogens is 202 g/mol. The van der Waals surface area contributed by atoms with Crippen molar-refractivity contribution in [2.45, 2.75) is 64.5 Å². The minimum atomic E-state index is -0.984. The van der Waals surface area contributed by atoms with Gasteiger partial charge in [-0.2, -0.15) is 0 Å². The Morgan fingerprint density at radius 3 is 2.62 bits per heavy atom. The van der Waals surface area contributed by atoms with E-state index in [1.807, 2.05) is 0 Å². The van der Waals surface area contributed by atoms with Gasteiger partial charge >= 0.3 is 0 Å². The first kappa shape index (κ1) is 13.9. The Morgan fingerprint density at radius 2 is 2.00 bits per heavy atom. The third-order valence-electron chi connectivity index (χ3n) is 3.69. The molecule has 0 amide bonds. The molecule has 1 aliphatic carbocycles. The van der Waals surface area contributed by atoms with Gasteiger partial charge in [0.05, 0.1) is 12.2 Å². The zero-order chi connectivity index (χ0) is 12.2. The molecule has 0 spiro atoms. The molecule has 0 aromatic carbocycles. The number of hydrogen-bond donors (Lipinski definition) is 3. The van der Waals surface area contributed by atoms with E-state index in [1.165, 1.54) is 32.1 Å². The van der Waals surface area contributed by atoms with E-state index in [-0.39, 0.29) is 6.61 Å². The fourth-order valence-corrected chi connectivity index (χ4v) is 2.29. The molecule has 0 saturated heterocycles. The Balaban J connectivity index is 2.33. The Bertz CT molecular complexity index is 214. The van der Waals surface area contributed by atoms with Gasteiger partial charge in [-0.15, -0.1) is 0 Å². The zero-order valence-electron chi connectivity index (χ0n) is 10.9. The molecule has 2 atom stereocenters. The maximum atomic E-state index is 9.71. The third kappa shape index (κ3) is 4.81. The highest BCUT2D eigenvalue weighted by molar-refractivity contribution is 4.82. The molecule has 0 aromatic heterocycles. The fraction of sp³-hybridized carbons (Fsp3) is 1.00. The van der Waals surface area contributed by atoms with Gasteiger partial charge in [0, 0.05) is 12.6 Å². The van der Waals surface area contributed by atoms with E-state index in [9.17, 15) is 5.11 Å². The molecule has 3 heteroatoms. The van der Waals surface area contributed by atoms with Gasteiger partial charge < -0.3 is 15.5 Å². The molecule has 3 N–H and O–H groups in total. The van der Waals surface area contributed by atoms with Crippen molar-refractivity contribution in [1.29, 1.82) is 0 Å². The first-order valence-electron chi connectivity index (χ1n) is 6.41. The highest BCUT2D eigenvalue weighted by atomic mass is 16.3. The molecule has 0 aromatic rings. The van der Waals surface area contributed by atoms with Crippen molar-refractivity contribution in [3.63, 3.8) is 0 Å². The van der Waals surface area contributed by atoms with E-state index in [4.69, 9.17) is 5.11 Å². The maximum Gasteiger partial charge on any atom is 0.0972 e. The minimum absolute atomic E-state index is 0.182. The van der Waals surface area contributed by atoms with Crippen LogP contribution in [0, 0.1) is 5.41 Å². The second kappa shape index (κ2) is 5.48. The van der Waals surface area contributed by atoms with Crippen LogP contribution < -0.4 is 5.32 Å². The van der Waals surface area contributed by atoms with Crippen LogP contribution in [0.1, 0.15) is 52.9 Å². The van der Waals surface area contributed by atoms with Crippen molar-refractivity contribution in [1.82, 2.24) is 5.32 Å². The molecule has 96 valence electrons. The summed E-state index contributed by atoms with van der Waals surface area (Å²) in [5.41, 5.74) is -0.516. The summed E-state index contributed by atoms with van der Waals surface area (Å²) in [6.07, 6.45) is 6.15. The number of nitrogens with one attached hydrogen (secondary N) is 1. The lowest BCUT2D eigenvalue weighted by atomic mass is 9.85. The summed E-state index contributed by atoms with van der Waals surface area (Å²) in [5.74, 6) is 0. The lowest BCUT2D eigenvalue weighted by molar-refractivity contribution is 0.000362. The van der Waals surface area contributed by atoms with Crippen molar-refractivity contribution in [2.24, 2.45) is 5.41 Å². The molecular formula is C13H27NO2. The highest BCUT2D eigenvalue weighted by Crippen LogP contribution is 2.33. The van der Waals surface area contributed by atoms with Gasteiger partial charge in [-0.3, -0.25) is 0 Å². The van der Waals surface area contributed by atoms with Crippen molar-refractivity contribution >= 4 is 0 Å². The van der Waals surface area contributed by atoms with E-state index >= 15 is 0 Å². The van der Waals surface area contributed by atoms with Crippen LogP contribution in [-0.2, 0) is 0 Å². The largest absolute Gasteiger partial charge is 0.393 e. The Morgan fingerprint density at radius 1 is 1.31 bits per heavy atom. The average molecular weight is 229 g/mol. The molecule has 0 aliphatic heterocycles. The van der Waals surface area contributed by atoms with Crippen LogP contribution >= 0.6 is 0 Å². The van der Waals surface area contributed by atoms with Gasteiger partial charge in [0.25, 0.3) is 0 Å². The number of aliphatic hydroxyl groups is 2. The summed E-state index contributed by atoms with van der Waals surface area (Å²) in [5, 5.41) is 22.1. The van der Waals surface area contributed by atoms with E-state index in [0.717, 1.165) is 0 Å². The molecule has 1 saturated carbocycles. The van der Waals surface area contributed by atoms with E-state index in [1.54, 1.807) is 6.92 Å². The normalized spacial score (nSPS) is 29.4. The van der Waals surface area contributed by atoms with Crippen LogP contribution in [-0.4, -0.2) is 35.0 Å². The minimum Gasteiger partial charge on any atom is -0.393 e. The maximum absolute atomic E-state index is 9.71. The van der Waals surface area contributed by atoms with Crippen LogP contribution in [0.5, 0.6) is 0 Å². The van der Waals surface area contributed by atoms with Gasteiger partial charge in [-0.25, -0.2) is 0 Å². The predicted molar refractivity (Wildman–Crippen MR) is 66.4 cm³/mol. The zero-order valence-corrected chi connectivity index (χ0v) is 10.9. The quantitative estimate of drug-likeness (QED) is 0.643. The second-order valence-electron chi connectivity index (χ2n) is 6.33. The lowest BCUT2D eigenvalue weighted by Gasteiger charge is -2.25. The Kier molecular flexibility index (Phi) is 4.77. The summed E-state index contributed by atoms with van der Waals surface area (Å²) < 4.78 is 0. The molecule has 16 heavy (non-hydrogen) atoms. The molecule has 0 radical (unpaired) electrons. The van der Waals surface area contributed by atoms with E-state index in [0.29, 0.717) is 18.0 Å². The number of rotatable bonds is 4. The van der Waals surface area contributed by atoms with Gasteiger partial charge in [0.2, 0.25) is 0 Å². The van der Waals surface area contributed by atoms with Crippen LogP contribution in [0.4, 0.5) is 0 Å². The van der Waals surface area contributed by atoms with Crippen molar-refractivity contribution in [3.05, 3.63) is 0 Å². The Labute approximate surface area is 99.3 Å². The summed E-state index contributed by atoms with van der Waals surface area (Å²) >= 11 is 0. The third-order valence-corrected chi connectivity index (χ3v) is 3.69. The number of aliphatic hydroxyl groups excluding tert-OH is 1. The first-order valence-corrected chi connectivity index (χ1v) is 6.41. The number of hydrogen-bond acceptors (Lipinski definition) is 3. The predicted octanol–water partition coefficient (Wildman–Crippen LogP) is 1.68. The van der Waals surface area contributed by atoms with Crippen LogP contribution in [0.2, 0.25) is 0 Å². The van der Waals surface area contributed by atoms with Gasteiger partial charge in [-0.1, -0.05) is 20.3 Å². The van der Waals surface area contributed by atoms with Crippen LogP contribution in [0.15, 0.2) is 0 Å². The molecule has 0 heterocycles.